The van der Waals surface area contributed by atoms with Crippen LogP contribution >= 0.6 is 0 Å². The molecule has 4 heterocycles. The standard InChI is InChI=1S/C39H28N6O2/c1-25-42-26(2)44-39(43-25)45-37-23-31(46-29-11-7-9-27(21-29)35-13-3-5-19-40-35)15-17-33(37)34-18-16-32(24-38(34)45)47-30-12-8-10-28(22-30)36-14-4-6-20-41-36/h3-24H,1-2H3. The van der Waals surface area contributed by atoms with Crippen LogP contribution in [0, 0.1) is 13.8 Å². The first kappa shape index (κ1) is 28.1. The molecule has 0 amide bonds. The molecule has 8 heteroatoms. The molecule has 8 aromatic rings. The summed E-state index contributed by atoms with van der Waals surface area (Å²) < 4.78 is 14.9. The second kappa shape index (κ2) is 11.8. The van der Waals surface area contributed by atoms with E-state index >= 15 is 0 Å². The number of hydrogen-bond acceptors (Lipinski definition) is 7. The Hall–Kier alpha value is -6.41. The van der Waals surface area contributed by atoms with Gasteiger partial charge in [0.15, 0.2) is 0 Å². The van der Waals surface area contributed by atoms with Gasteiger partial charge in [0, 0.05) is 46.4 Å². The monoisotopic (exact) mass is 612 g/mol. The Kier molecular flexibility index (Phi) is 7.07. The first-order chi connectivity index (χ1) is 23.1. The predicted molar refractivity (Wildman–Crippen MR) is 183 cm³/mol. The lowest BCUT2D eigenvalue weighted by molar-refractivity contribution is 0.483. The van der Waals surface area contributed by atoms with Gasteiger partial charge in [-0.15, -0.1) is 0 Å². The molecule has 0 atom stereocenters. The van der Waals surface area contributed by atoms with Crippen molar-refractivity contribution in [3.63, 3.8) is 0 Å². The fourth-order valence-electron chi connectivity index (χ4n) is 5.80. The summed E-state index contributed by atoms with van der Waals surface area (Å²) in [5.74, 6) is 4.60. The smallest absolute Gasteiger partial charge is 0.238 e. The molecule has 0 N–H and O–H groups in total. The van der Waals surface area contributed by atoms with Crippen molar-refractivity contribution in [1.82, 2.24) is 29.5 Å². The molecular weight excluding hydrogens is 584 g/mol. The third kappa shape index (κ3) is 5.64. The van der Waals surface area contributed by atoms with E-state index < -0.39 is 0 Å². The lowest BCUT2D eigenvalue weighted by atomic mass is 10.1. The first-order valence-corrected chi connectivity index (χ1v) is 15.2. The molecule has 0 aliphatic heterocycles. The quantitative estimate of drug-likeness (QED) is 0.177. The van der Waals surface area contributed by atoms with Gasteiger partial charge in [-0.2, -0.15) is 9.97 Å². The number of fused-ring (bicyclic) bond motifs is 3. The molecular formula is C39H28N6O2. The van der Waals surface area contributed by atoms with Crippen LogP contribution in [0.2, 0.25) is 0 Å². The summed E-state index contributed by atoms with van der Waals surface area (Å²) in [6, 6.07) is 39.7. The van der Waals surface area contributed by atoms with E-state index in [4.69, 9.17) is 19.4 Å². The van der Waals surface area contributed by atoms with Gasteiger partial charge in [-0.3, -0.25) is 14.5 Å². The Morgan fingerprint density at radius 3 is 1.43 bits per heavy atom. The van der Waals surface area contributed by atoms with Crippen LogP contribution in [-0.4, -0.2) is 29.5 Å². The zero-order valence-electron chi connectivity index (χ0n) is 25.7. The van der Waals surface area contributed by atoms with Gasteiger partial charge in [-0.25, -0.2) is 4.98 Å². The Balaban J connectivity index is 1.21. The minimum atomic E-state index is 0.526. The molecule has 0 radical (unpaired) electrons. The summed E-state index contributed by atoms with van der Waals surface area (Å²) in [6.45, 7) is 3.75. The SMILES string of the molecule is Cc1nc(C)nc(-n2c3cc(Oc4cccc(-c5ccccn5)c4)ccc3c3ccc(Oc4cccc(-c5ccccn5)c4)cc32)n1. The molecule has 0 saturated heterocycles. The highest BCUT2D eigenvalue weighted by Gasteiger charge is 2.18. The molecule has 47 heavy (non-hydrogen) atoms. The minimum absolute atomic E-state index is 0.526. The van der Waals surface area contributed by atoms with E-state index in [2.05, 4.69) is 27.1 Å². The normalized spacial score (nSPS) is 11.2. The lowest BCUT2D eigenvalue weighted by Gasteiger charge is -2.11. The molecule has 226 valence electrons. The van der Waals surface area contributed by atoms with E-state index in [1.165, 1.54) is 0 Å². The van der Waals surface area contributed by atoms with Crippen LogP contribution in [0.25, 0.3) is 50.3 Å². The summed E-state index contributed by atoms with van der Waals surface area (Å²) in [7, 11) is 0. The molecule has 8 rings (SSSR count). The molecule has 0 aliphatic carbocycles. The van der Waals surface area contributed by atoms with Gasteiger partial charge in [0.1, 0.15) is 34.6 Å². The van der Waals surface area contributed by atoms with Crippen LogP contribution in [0.1, 0.15) is 11.6 Å². The summed E-state index contributed by atoms with van der Waals surface area (Å²) in [4.78, 5) is 22.9. The van der Waals surface area contributed by atoms with Crippen molar-refractivity contribution in [2.24, 2.45) is 0 Å². The second-order valence-corrected chi connectivity index (χ2v) is 11.1. The summed E-state index contributed by atoms with van der Waals surface area (Å²) in [5, 5.41) is 2.07. The highest BCUT2D eigenvalue weighted by atomic mass is 16.5. The van der Waals surface area contributed by atoms with Crippen molar-refractivity contribution in [1.29, 1.82) is 0 Å². The molecule has 0 unspecified atom stereocenters. The van der Waals surface area contributed by atoms with Gasteiger partial charge < -0.3 is 9.47 Å². The van der Waals surface area contributed by atoms with Crippen molar-refractivity contribution in [3.05, 3.63) is 145 Å². The largest absolute Gasteiger partial charge is 0.457 e. The third-order valence-corrected chi connectivity index (χ3v) is 7.82. The maximum atomic E-state index is 6.41. The summed E-state index contributed by atoms with van der Waals surface area (Å²) in [6.07, 6.45) is 3.58. The number of rotatable bonds is 7. The van der Waals surface area contributed by atoms with Gasteiger partial charge in [0.2, 0.25) is 5.95 Å². The van der Waals surface area contributed by atoms with Crippen LogP contribution in [0.15, 0.2) is 134 Å². The number of aryl methyl sites for hydroxylation is 2. The van der Waals surface area contributed by atoms with Gasteiger partial charge in [0.25, 0.3) is 0 Å². The molecule has 0 aliphatic rings. The lowest BCUT2D eigenvalue weighted by Crippen LogP contribution is -2.06. The van der Waals surface area contributed by atoms with E-state index in [-0.39, 0.29) is 0 Å². The average Bonchev–Trinajstić information content (AvgIpc) is 3.41. The maximum absolute atomic E-state index is 6.41. The van der Waals surface area contributed by atoms with E-state index in [0.29, 0.717) is 40.6 Å². The maximum Gasteiger partial charge on any atom is 0.238 e. The molecule has 0 fully saturated rings. The number of pyridine rings is 2. The fourth-order valence-corrected chi connectivity index (χ4v) is 5.80. The van der Waals surface area contributed by atoms with Crippen LogP contribution in [0.4, 0.5) is 0 Å². The van der Waals surface area contributed by atoms with Crippen molar-refractivity contribution in [2.45, 2.75) is 13.8 Å². The van der Waals surface area contributed by atoms with Crippen LogP contribution < -0.4 is 9.47 Å². The molecule has 4 aromatic heterocycles. The minimum Gasteiger partial charge on any atom is -0.457 e. The first-order valence-electron chi connectivity index (χ1n) is 15.2. The molecule has 8 nitrogen and oxygen atoms in total. The van der Waals surface area contributed by atoms with E-state index in [1.54, 1.807) is 12.4 Å². The summed E-state index contributed by atoms with van der Waals surface area (Å²) >= 11 is 0. The van der Waals surface area contributed by atoms with E-state index in [1.807, 2.05) is 128 Å². The van der Waals surface area contributed by atoms with Crippen molar-refractivity contribution >= 4 is 21.8 Å². The molecule has 0 bridgehead atoms. The van der Waals surface area contributed by atoms with Crippen molar-refractivity contribution in [3.8, 4) is 51.5 Å². The van der Waals surface area contributed by atoms with Gasteiger partial charge in [0.05, 0.1) is 22.4 Å². The fraction of sp³-hybridized carbons (Fsp3) is 0.0513. The zero-order valence-corrected chi connectivity index (χ0v) is 25.7. The Labute approximate surface area is 271 Å². The average molecular weight is 613 g/mol. The van der Waals surface area contributed by atoms with Gasteiger partial charge >= 0.3 is 0 Å². The number of nitrogens with zero attached hydrogens (tertiary/aromatic N) is 6. The molecule has 0 saturated carbocycles. The Morgan fingerprint density at radius 1 is 0.468 bits per heavy atom. The van der Waals surface area contributed by atoms with E-state index in [0.717, 1.165) is 44.3 Å². The number of hydrogen-bond donors (Lipinski definition) is 0. The highest BCUT2D eigenvalue weighted by Crippen LogP contribution is 2.38. The topological polar surface area (TPSA) is 87.8 Å². The number of ether oxygens (including phenoxy) is 2. The van der Waals surface area contributed by atoms with Gasteiger partial charge in [-0.05, 0) is 86.6 Å². The van der Waals surface area contributed by atoms with Crippen LogP contribution in [0.3, 0.4) is 0 Å². The van der Waals surface area contributed by atoms with Crippen molar-refractivity contribution in [2.75, 3.05) is 0 Å². The Morgan fingerprint density at radius 2 is 0.957 bits per heavy atom. The number of aromatic nitrogens is 6. The highest BCUT2D eigenvalue weighted by molar-refractivity contribution is 6.09. The Bertz CT molecular complexity index is 2230. The zero-order chi connectivity index (χ0) is 31.7. The molecule has 0 spiro atoms. The van der Waals surface area contributed by atoms with Gasteiger partial charge in [-0.1, -0.05) is 36.4 Å². The molecule has 4 aromatic carbocycles. The van der Waals surface area contributed by atoms with Crippen LogP contribution in [0.5, 0.6) is 23.0 Å². The summed E-state index contributed by atoms with van der Waals surface area (Å²) in [5.41, 5.74) is 5.53. The van der Waals surface area contributed by atoms with Crippen molar-refractivity contribution < 1.29 is 9.47 Å². The van der Waals surface area contributed by atoms with E-state index in [9.17, 15) is 0 Å². The number of benzene rings is 4. The third-order valence-electron chi connectivity index (χ3n) is 7.82. The predicted octanol–water partition coefficient (Wildman–Crippen LogP) is 9.29. The second-order valence-electron chi connectivity index (χ2n) is 11.1. The van der Waals surface area contributed by atoms with Crippen LogP contribution in [-0.2, 0) is 0 Å².